The van der Waals surface area contributed by atoms with Crippen molar-refractivity contribution in [2.75, 3.05) is 13.2 Å². The van der Waals surface area contributed by atoms with E-state index in [0.717, 1.165) is 6.07 Å². The van der Waals surface area contributed by atoms with Gasteiger partial charge in [-0.2, -0.15) is 0 Å². The van der Waals surface area contributed by atoms with Crippen LogP contribution in [-0.2, 0) is 11.3 Å². The fourth-order valence-corrected chi connectivity index (χ4v) is 2.34. The minimum Gasteiger partial charge on any atom is -0.477 e. The smallest absolute Gasteiger partial charge is 0.311 e. The van der Waals surface area contributed by atoms with Gasteiger partial charge in [0, 0.05) is 24.7 Å². The number of ether oxygens (including phenoxy) is 1. The fraction of sp³-hybridized carbons (Fsp3) is 0.222. The van der Waals surface area contributed by atoms with E-state index in [1.165, 1.54) is 29.2 Å². The monoisotopic (exact) mass is 360 g/mol. The van der Waals surface area contributed by atoms with Crippen molar-refractivity contribution in [1.82, 2.24) is 4.90 Å². The summed E-state index contributed by atoms with van der Waals surface area (Å²) in [6, 6.07) is 9.62. The van der Waals surface area contributed by atoms with Gasteiger partial charge in [-0.15, -0.1) is 0 Å². The van der Waals surface area contributed by atoms with Crippen molar-refractivity contribution in [3.63, 3.8) is 0 Å². The Morgan fingerprint density at radius 2 is 2.08 bits per heavy atom. The average Bonchev–Trinajstić information content (AvgIpc) is 2.64. The lowest BCUT2D eigenvalue weighted by molar-refractivity contribution is -0.385. The Labute approximate surface area is 149 Å². The lowest BCUT2D eigenvalue weighted by Crippen LogP contribution is -2.34. The van der Waals surface area contributed by atoms with Crippen molar-refractivity contribution in [3.8, 4) is 5.75 Å². The van der Waals surface area contributed by atoms with Crippen LogP contribution in [0, 0.1) is 15.9 Å². The topological polar surface area (TPSA) is 89.8 Å². The highest BCUT2D eigenvalue weighted by Gasteiger charge is 2.19. The number of nitrogens with zero attached hydrogens (tertiary/aromatic N) is 2. The van der Waals surface area contributed by atoms with E-state index in [-0.39, 0.29) is 17.9 Å². The molecule has 0 aliphatic heterocycles. The summed E-state index contributed by atoms with van der Waals surface area (Å²) in [5.41, 5.74) is 0.369. The van der Waals surface area contributed by atoms with Crippen LogP contribution in [0.4, 0.5) is 10.1 Å². The van der Waals surface area contributed by atoms with Crippen LogP contribution < -0.4 is 4.74 Å². The van der Waals surface area contributed by atoms with Crippen molar-refractivity contribution in [1.29, 1.82) is 0 Å². The number of rotatable bonds is 8. The SMILES string of the molecule is CCN(Cc1cccc(F)c1)C(=O)COc1ccc(C=O)cc1[N+](=O)[O-]. The number of carbonyl (C=O) groups is 2. The Bertz CT molecular complexity index is 825. The van der Waals surface area contributed by atoms with Gasteiger partial charge in [0.25, 0.3) is 5.91 Å². The third-order valence-corrected chi connectivity index (χ3v) is 3.66. The third kappa shape index (κ3) is 4.85. The van der Waals surface area contributed by atoms with Crippen molar-refractivity contribution >= 4 is 17.9 Å². The molecule has 0 aliphatic rings. The molecule has 0 spiro atoms. The molecule has 2 aromatic carbocycles. The molecule has 0 atom stereocenters. The first kappa shape index (κ1) is 19.0. The number of likely N-dealkylation sites (N-methyl/N-ethyl adjacent to an activating group) is 1. The number of carbonyl (C=O) groups excluding carboxylic acids is 2. The summed E-state index contributed by atoms with van der Waals surface area (Å²) in [4.78, 5) is 34.9. The van der Waals surface area contributed by atoms with Crippen molar-refractivity contribution in [2.45, 2.75) is 13.5 Å². The van der Waals surface area contributed by atoms with Gasteiger partial charge in [-0.05, 0) is 36.8 Å². The molecule has 0 unspecified atom stereocenters. The Morgan fingerprint density at radius 3 is 2.69 bits per heavy atom. The first-order valence-electron chi connectivity index (χ1n) is 7.83. The largest absolute Gasteiger partial charge is 0.477 e. The van der Waals surface area contributed by atoms with E-state index in [0.29, 0.717) is 18.4 Å². The molecule has 1 amide bonds. The molecule has 2 rings (SSSR count). The van der Waals surface area contributed by atoms with Crippen LogP contribution in [-0.4, -0.2) is 35.2 Å². The van der Waals surface area contributed by atoms with Crippen LogP contribution in [0.5, 0.6) is 5.75 Å². The summed E-state index contributed by atoms with van der Waals surface area (Å²) in [7, 11) is 0. The van der Waals surface area contributed by atoms with Crippen LogP contribution in [0.2, 0.25) is 0 Å². The van der Waals surface area contributed by atoms with Gasteiger partial charge in [0.05, 0.1) is 4.92 Å². The maximum absolute atomic E-state index is 13.3. The minimum absolute atomic E-state index is 0.101. The van der Waals surface area contributed by atoms with Crippen molar-refractivity contribution in [2.24, 2.45) is 0 Å². The zero-order valence-corrected chi connectivity index (χ0v) is 14.1. The second kappa shape index (κ2) is 8.70. The highest BCUT2D eigenvalue weighted by atomic mass is 19.1. The van der Waals surface area contributed by atoms with Crippen LogP contribution in [0.25, 0.3) is 0 Å². The molecule has 136 valence electrons. The Hall–Kier alpha value is -3.29. The van der Waals surface area contributed by atoms with E-state index in [1.807, 2.05) is 0 Å². The van der Waals surface area contributed by atoms with Gasteiger partial charge in [-0.1, -0.05) is 12.1 Å². The predicted molar refractivity (Wildman–Crippen MR) is 91.5 cm³/mol. The Balaban J connectivity index is 2.06. The van der Waals surface area contributed by atoms with Gasteiger partial charge >= 0.3 is 5.69 Å². The second-order valence-electron chi connectivity index (χ2n) is 5.43. The molecule has 0 fully saturated rings. The van der Waals surface area contributed by atoms with E-state index in [4.69, 9.17) is 4.74 Å². The van der Waals surface area contributed by atoms with E-state index in [2.05, 4.69) is 0 Å². The number of benzene rings is 2. The molecule has 7 nitrogen and oxygen atoms in total. The highest BCUT2D eigenvalue weighted by Crippen LogP contribution is 2.27. The van der Waals surface area contributed by atoms with Gasteiger partial charge in [0.1, 0.15) is 12.1 Å². The maximum atomic E-state index is 13.3. The summed E-state index contributed by atoms with van der Waals surface area (Å²) in [6.45, 7) is 1.91. The summed E-state index contributed by atoms with van der Waals surface area (Å²) >= 11 is 0. The number of hydrogen-bond donors (Lipinski definition) is 0. The number of amides is 1. The summed E-state index contributed by atoms with van der Waals surface area (Å²) in [5.74, 6) is -0.894. The molecule has 0 saturated heterocycles. The molecule has 0 bridgehead atoms. The Kier molecular flexibility index (Phi) is 6.37. The maximum Gasteiger partial charge on any atom is 0.311 e. The molecule has 0 heterocycles. The molecule has 0 aliphatic carbocycles. The molecule has 0 radical (unpaired) electrons. The quantitative estimate of drug-likeness (QED) is 0.410. The van der Waals surface area contributed by atoms with Gasteiger partial charge in [-0.25, -0.2) is 4.39 Å². The summed E-state index contributed by atoms with van der Waals surface area (Å²) in [5, 5.41) is 11.1. The van der Waals surface area contributed by atoms with E-state index in [1.54, 1.807) is 19.1 Å². The molecule has 2 aromatic rings. The molecule has 26 heavy (non-hydrogen) atoms. The molecule has 0 N–H and O–H groups in total. The number of hydrogen-bond acceptors (Lipinski definition) is 5. The zero-order chi connectivity index (χ0) is 19.1. The first-order valence-corrected chi connectivity index (χ1v) is 7.83. The van der Waals surface area contributed by atoms with Crippen molar-refractivity contribution in [3.05, 3.63) is 69.5 Å². The lowest BCUT2D eigenvalue weighted by Gasteiger charge is -2.21. The van der Waals surface area contributed by atoms with Crippen LogP contribution in [0.3, 0.4) is 0 Å². The molecule has 8 heteroatoms. The fourth-order valence-electron chi connectivity index (χ4n) is 2.34. The van der Waals surface area contributed by atoms with Gasteiger partial charge < -0.3 is 9.64 Å². The van der Waals surface area contributed by atoms with Gasteiger partial charge in [-0.3, -0.25) is 19.7 Å². The number of halogens is 1. The first-order chi connectivity index (χ1) is 12.4. The summed E-state index contributed by atoms with van der Waals surface area (Å²) in [6.07, 6.45) is 0.486. The Morgan fingerprint density at radius 1 is 1.31 bits per heavy atom. The average molecular weight is 360 g/mol. The number of nitro benzene ring substituents is 1. The third-order valence-electron chi connectivity index (χ3n) is 3.66. The molecular weight excluding hydrogens is 343 g/mol. The molecule has 0 saturated carbocycles. The van der Waals surface area contributed by atoms with Crippen molar-refractivity contribution < 1.29 is 23.6 Å². The van der Waals surface area contributed by atoms with E-state index < -0.39 is 28.9 Å². The standard InChI is InChI=1S/C18H17FN2O5/c1-2-20(10-13-4-3-5-15(19)8-13)18(23)12-26-17-7-6-14(11-22)9-16(17)21(24)25/h3-9,11H,2,10,12H2,1H3. The van der Waals surface area contributed by atoms with Crippen LogP contribution >= 0.6 is 0 Å². The zero-order valence-electron chi connectivity index (χ0n) is 14.1. The number of nitro groups is 1. The highest BCUT2D eigenvalue weighted by molar-refractivity contribution is 5.79. The van der Waals surface area contributed by atoms with E-state index in [9.17, 15) is 24.1 Å². The van der Waals surface area contributed by atoms with Gasteiger partial charge in [0.15, 0.2) is 12.4 Å². The van der Waals surface area contributed by atoms with Gasteiger partial charge in [0.2, 0.25) is 0 Å². The summed E-state index contributed by atoms with van der Waals surface area (Å²) < 4.78 is 18.5. The second-order valence-corrected chi connectivity index (χ2v) is 5.43. The predicted octanol–water partition coefficient (Wildman–Crippen LogP) is 2.97. The van der Waals surface area contributed by atoms with Crippen LogP contribution in [0.15, 0.2) is 42.5 Å². The normalized spacial score (nSPS) is 10.2. The number of aldehydes is 1. The lowest BCUT2D eigenvalue weighted by atomic mass is 10.2. The minimum atomic E-state index is -0.683. The van der Waals surface area contributed by atoms with E-state index >= 15 is 0 Å². The molecular formula is C18H17FN2O5. The van der Waals surface area contributed by atoms with Crippen LogP contribution in [0.1, 0.15) is 22.8 Å². The molecule has 0 aromatic heterocycles.